The number of aromatic nitrogens is 2. The van der Waals surface area contributed by atoms with E-state index in [0.29, 0.717) is 6.61 Å². The molecule has 0 bridgehead atoms. The third kappa shape index (κ3) is 2.87. The minimum atomic E-state index is -0.598. The van der Waals surface area contributed by atoms with Crippen molar-refractivity contribution in [3.8, 4) is 5.75 Å². The number of hydrogen-bond acceptors (Lipinski definition) is 2. The van der Waals surface area contributed by atoms with Crippen LogP contribution in [0, 0.1) is 0 Å². The lowest BCUT2D eigenvalue weighted by Gasteiger charge is -2.37. The zero-order chi connectivity index (χ0) is 19.5. The van der Waals surface area contributed by atoms with Crippen LogP contribution >= 0.6 is 0 Å². The fourth-order valence-corrected chi connectivity index (χ4v) is 4.26. The first-order valence-corrected chi connectivity index (χ1v) is 9.92. The lowest BCUT2D eigenvalue weighted by atomic mass is 9.77. The van der Waals surface area contributed by atoms with Gasteiger partial charge in [0.2, 0.25) is 0 Å². The molecular weight excluding hydrogens is 356 g/mol. The van der Waals surface area contributed by atoms with Crippen molar-refractivity contribution in [2.24, 2.45) is 0 Å². The van der Waals surface area contributed by atoms with Crippen molar-refractivity contribution in [1.82, 2.24) is 9.78 Å². The highest BCUT2D eigenvalue weighted by Gasteiger charge is 2.41. The third-order valence-electron chi connectivity index (χ3n) is 5.54. The topological polar surface area (TPSA) is 27.1 Å². The smallest absolute Gasteiger partial charge is 0.161 e. The van der Waals surface area contributed by atoms with Crippen LogP contribution in [0.5, 0.6) is 5.75 Å². The van der Waals surface area contributed by atoms with E-state index < -0.39 is 5.54 Å². The molecule has 0 aliphatic carbocycles. The highest BCUT2D eigenvalue weighted by Crippen LogP contribution is 2.42. The number of fused-ring (bicyclic) bond motifs is 1. The van der Waals surface area contributed by atoms with Crippen LogP contribution in [0.4, 0.5) is 0 Å². The van der Waals surface area contributed by atoms with Crippen LogP contribution in [0.25, 0.3) is 0 Å². The van der Waals surface area contributed by atoms with E-state index in [1.165, 1.54) is 0 Å². The third-order valence-corrected chi connectivity index (χ3v) is 5.54. The number of nitrogens with zero attached hydrogens (tertiary/aromatic N) is 2. The second kappa shape index (κ2) is 7.44. The van der Waals surface area contributed by atoms with Crippen LogP contribution in [-0.4, -0.2) is 16.4 Å². The number of benzene rings is 3. The number of hydrogen-bond donors (Lipinski definition) is 0. The van der Waals surface area contributed by atoms with Crippen molar-refractivity contribution < 1.29 is 4.74 Å². The largest absolute Gasteiger partial charge is 0.486 e. The Morgan fingerprint density at radius 1 is 0.690 bits per heavy atom. The molecule has 0 atom stereocenters. The van der Waals surface area contributed by atoms with Gasteiger partial charge in [0.05, 0.1) is 11.9 Å². The number of allylic oxidation sites excluding steroid dienone is 1. The summed E-state index contributed by atoms with van der Waals surface area (Å²) in [6.07, 6.45) is 6.87. The van der Waals surface area contributed by atoms with Crippen molar-refractivity contribution in [2.45, 2.75) is 12.0 Å². The molecule has 29 heavy (non-hydrogen) atoms. The van der Waals surface area contributed by atoms with Gasteiger partial charge in [-0.15, -0.1) is 0 Å². The highest BCUT2D eigenvalue weighted by atomic mass is 16.5. The zero-order valence-electron chi connectivity index (χ0n) is 16.1. The fourth-order valence-electron chi connectivity index (χ4n) is 4.26. The molecule has 0 saturated heterocycles. The Labute approximate surface area is 170 Å². The molecule has 3 nitrogen and oxygen atoms in total. The predicted octanol–water partition coefficient (Wildman–Crippen LogP) is 5.21. The second-order valence-corrected chi connectivity index (χ2v) is 7.16. The van der Waals surface area contributed by atoms with E-state index in [-0.39, 0.29) is 0 Å². The molecule has 1 aliphatic rings. The Bertz CT molecular complexity index is 1020. The highest BCUT2D eigenvalue weighted by molar-refractivity contribution is 5.52. The lowest BCUT2D eigenvalue weighted by Crippen LogP contribution is -2.39. The normalized spacial score (nSPS) is 13.4. The van der Waals surface area contributed by atoms with Gasteiger partial charge in [-0.1, -0.05) is 103 Å². The minimum absolute atomic E-state index is 0.577. The lowest BCUT2D eigenvalue weighted by molar-refractivity contribution is 0.359. The Morgan fingerprint density at radius 2 is 1.21 bits per heavy atom. The average molecular weight is 378 g/mol. The van der Waals surface area contributed by atoms with Crippen molar-refractivity contribution in [3.63, 3.8) is 0 Å². The van der Waals surface area contributed by atoms with Crippen LogP contribution in [-0.2, 0) is 12.0 Å². The van der Waals surface area contributed by atoms with Gasteiger partial charge in [0.25, 0.3) is 0 Å². The quantitative estimate of drug-likeness (QED) is 0.360. The minimum Gasteiger partial charge on any atom is -0.486 e. The summed E-state index contributed by atoms with van der Waals surface area (Å²) in [4.78, 5) is 0. The molecule has 0 fully saturated rings. The summed E-state index contributed by atoms with van der Waals surface area (Å²) >= 11 is 0. The molecule has 0 N–H and O–H groups in total. The van der Waals surface area contributed by atoms with Gasteiger partial charge in [-0.3, -0.25) is 0 Å². The molecule has 142 valence electrons. The molecule has 4 aromatic rings. The predicted molar refractivity (Wildman–Crippen MR) is 115 cm³/mol. The van der Waals surface area contributed by atoms with Gasteiger partial charge in [-0.05, 0) is 16.7 Å². The summed E-state index contributed by atoms with van der Waals surface area (Å²) in [6.45, 7) is 0.577. The number of ether oxygens (including phenoxy) is 1. The van der Waals surface area contributed by atoms with Crippen LogP contribution in [0.15, 0.2) is 109 Å². The SMILES string of the molecule is C1=CCc2c(cnn2C(c2ccccc2)(c2ccccc2)c2ccccc2)OC1. The monoisotopic (exact) mass is 378 g/mol. The Hall–Kier alpha value is -3.59. The Balaban J connectivity index is 1.90. The van der Waals surface area contributed by atoms with Crippen molar-refractivity contribution in [2.75, 3.05) is 6.61 Å². The van der Waals surface area contributed by atoms with E-state index in [1.807, 2.05) is 6.20 Å². The van der Waals surface area contributed by atoms with Crippen molar-refractivity contribution >= 4 is 0 Å². The van der Waals surface area contributed by atoms with E-state index in [1.54, 1.807) is 0 Å². The van der Waals surface area contributed by atoms with Gasteiger partial charge < -0.3 is 4.74 Å². The molecule has 3 aromatic carbocycles. The van der Waals surface area contributed by atoms with Gasteiger partial charge >= 0.3 is 0 Å². The molecule has 0 radical (unpaired) electrons. The van der Waals surface area contributed by atoms with Gasteiger partial charge in [0, 0.05) is 6.42 Å². The molecule has 3 heteroatoms. The first-order chi connectivity index (χ1) is 14.4. The molecule has 0 saturated carbocycles. The van der Waals surface area contributed by atoms with Gasteiger partial charge in [-0.25, -0.2) is 4.68 Å². The number of rotatable bonds is 4. The second-order valence-electron chi connectivity index (χ2n) is 7.16. The van der Waals surface area contributed by atoms with Gasteiger partial charge in [0.1, 0.15) is 12.1 Å². The summed E-state index contributed by atoms with van der Waals surface area (Å²) in [7, 11) is 0. The Morgan fingerprint density at radius 3 is 1.72 bits per heavy atom. The molecule has 1 aromatic heterocycles. The molecule has 0 amide bonds. The van der Waals surface area contributed by atoms with E-state index in [4.69, 9.17) is 9.84 Å². The van der Waals surface area contributed by atoms with Crippen LogP contribution in [0.2, 0.25) is 0 Å². The summed E-state index contributed by atoms with van der Waals surface area (Å²) in [5.41, 5.74) is 3.97. The molecule has 0 spiro atoms. The standard InChI is InChI=1S/C26H22N2O/c1-4-12-21(13-5-1)26(22-14-6-2-7-15-22,23-16-8-3-9-17-23)28-24-18-10-11-19-29-25(24)20-27-28/h1-17,20H,18-19H2. The summed E-state index contributed by atoms with van der Waals surface area (Å²) in [6, 6.07) is 31.8. The Kier molecular flexibility index (Phi) is 4.49. The van der Waals surface area contributed by atoms with E-state index in [9.17, 15) is 0 Å². The first kappa shape index (κ1) is 17.5. The van der Waals surface area contributed by atoms with Crippen LogP contribution in [0.3, 0.4) is 0 Å². The van der Waals surface area contributed by atoms with Crippen molar-refractivity contribution in [3.05, 3.63) is 132 Å². The van der Waals surface area contributed by atoms with E-state index in [0.717, 1.165) is 34.6 Å². The van der Waals surface area contributed by atoms with Crippen LogP contribution in [0.1, 0.15) is 22.4 Å². The first-order valence-electron chi connectivity index (χ1n) is 9.92. The van der Waals surface area contributed by atoms with Gasteiger partial charge in [0.15, 0.2) is 5.75 Å². The van der Waals surface area contributed by atoms with E-state index in [2.05, 4.69) is 108 Å². The molecular formula is C26H22N2O. The van der Waals surface area contributed by atoms with Crippen molar-refractivity contribution in [1.29, 1.82) is 0 Å². The van der Waals surface area contributed by atoms with Gasteiger partial charge in [-0.2, -0.15) is 5.10 Å². The fraction of sp³-hybridized carbons (Fsp3) is 0.115. The molecule has 5 rings (SSSR count). The zero-order valence-corrected chi connectivity index (χ0v) is 16.1. The summed E-state index contributed by atoms with van der Waals surface area (Å²) in [5.74, 6) is 0.849. The summed E-state index contributed by atoms with van der Waals surface area (Å²) in [5, 5.41) is 4.90. The maximum Gasteiger partial charge on any atom is 0.161 e. The summed E-state index contributed by atoms with van der Waals surface area (Å²) < 4.78 is 8.11. The maximum atomic E-state index is 5.96. The van der Waals surface area contributed by atoms with Crippen LogP contribution < -0.4 is 4.74 Å². The van der Waals surface area contributed by atoms with E-state index >= 15 is 0 Å². The molecule has 1 aliphatic heterocycles. The maximum absolute atomic E-state index is 5.96. The molecule has 2 heterocycles. The molecule has 0 unspecified atom stereocenters. The average Bonchev–Trinajstić information content (AvgIpc) is 3.05.